The molecule has 2 aliphatic heterocycles. The summed E-state index contributed by atoms with van der Waals surface area (Å²) < 4.78 is 5.55. The second-order valence-corrected chi connectivity index (χ2v) is 7.02. The van der Waals surface area contributed by atoms with Gasteiger partial charge in [-0.25, -0.2) is 0 Å². The molecule has 0 spiro atoms. The van der Waals surface area contributed by atoms with Crippen LogP contribution >= 0.6 is 0 Å². The summed E-state index contributed by atoms with van der Waals surface area (Å²) in [5.41, 5.74) is 1.46. The zero-order chi connectivity index (χ0) is 19.2. The summed E-state index contributed by atoms with van der Waals surface area (Å²) in [6, 6.07) is 5.48. The lowest BCUT2D eigenvalue weighted by Crippen LogP contribution is -2.37. The van der Waals surface area contributed by atoms with Gasteiger partial charge in [0.25, 0.3) is 0 Å². The van der Waals surface area contributed by atoms with E-state index in [1.54, 1.807) is 6.07 Å². The molecule has 0 bridgehead atoms. The van der Waals surface area contributed by atoms with Crippen LogP contribution < -0.4 is 10.1 Å². The molecule has 0 aliphatic carbocycles. The van der Waals surface area contributed by atoms with Gasteiger partial charge in [0.2, 0.25) is 17.7 Å². The third kappa shape index (κ3) is 4.99. The summed E-state index contributed by atoms with van der Waals surface area (Å²) >= 11 is 0. The Balaban J connectivity index is 1.60. The Morgan fingerprint density at radius 3 is 2.59 bits per heavy atom. The highest BCUT2D eigenvalue weighted by atomic mass is 16.5. The van der Waals surface area contributed by atoms with Crippen LogP contribution in [-0.4, -0.2) is 60.3 Å². The molecule has 0 aromatic heterocycles. The predicted octanol–water partition coefficient (Wildman–Crippen LogP) is 1.81. The van der Waals surface area contributed by atoms with E-state index in [4.69, 9.17) is 4.74 Å². The molecule has 1 aromatic rings. The third-order valence-electron chi connectivity index (χ3n) is 4.93. The molecular formula is C20H27N3O4. The lowest BCUT2D eigenvalue weighted by atomic mass is 10.1. The average molecular weight is 373 g/mol. The molecule has 1 aromatic carbocycles. The SMILES string of the molecule is CCCC(=O)N1CCCN(C(=O)Cc2ccc3c(c2)NC(=O)CCO3)CC1. The van der Waals surface area contributed by atoms with Gasteiger partial charge in [-0.1, -0.05) is 13.0 Å². The molecule has 1 N–H and O–H groups in total. The summed E-state index contributed by atoms with van der Waals surface area (Å²) in [6.07, 6.45) is 2.80. The molecule has 7 nitrogen and oxygen atoms in total. The van der Waals surface area contributed by atoms with Crippen molar-refractivity contribution in [2.24, 2.45) is 0 Å². The molecule has 7 heteroatoms. The van der Waals surface area contributed by atoms with Crippen LogP contribution in [0.25, 0.3) is 0 Å². The highest BCUT2D eigenvalue weighted by molar-refractivity contribution is 5.93. The number of amides is 3. The van der Waals surface area contributed by atoms with E-state index >= 15 is 0 Å². The smallest absolute Gasteiger partial charge is 0.227 e. The normalized spacial score (nSPS) is 17.3. The standard InChI is InChI=1S/C20H27N3O4/c1-2-4-19(25)22-8-3-9-23(11-10-22)20(26)14-15-5-6-17-16(13-15)21-18(24)7-12-27-17/h5-6,13H,2-4,7-12,14H2,1H3,(H,21,24). The van der Waals surface area contributed by atoms with Gasteiger partial charge in [0.15, 0.2) is 0 Å². The number of fused-ring (bicyclic) bond motifs is 1. The van der Waals surface area contributed by atoms with Crippen LogP contribution in [0.2, 0.25) is 0 Å². The van der Waals surface area contributed by atoms with Crippen molar-refractivity contribution >= 4 is 23.4 Å². The maximum Gasteiger partial charge on any atom is 0.227 e. The first kappa shape index (κ1) is 19.2. The monoisotopic (exact) mass is 373 g/mol. The summed E-state index contributed by atoms with van der Waals surface area (Å²) in [7, 11) is 0. The quantitative estimate of drug-likeness (QED) is 0.873. The van der Waals surface area contributed by atoms with Crippen LogP contribution in [0.3, 0.4) is 0 Å². The summed E-state index contributed by atoms with van der Waals surface area (Å²) in [5, 5.41) is 2.82. The van der Waals surface area contributed by atoms with Gasteiger partial charge >= 0.3 is 0 Å². The van der Waals surface area contributed by atoms with Crippen molar-refractivity contribution < 1.29 is 19.1 Å². The molecule has 0 radical (unpaired) electrons. The van der Waals surface area contributed by atoms with Gasteiger partial charge in [-0.3, -0.25) is 14.4 Å². The number of hydrogen-bond acceptors (Lipinski definition) is 4. The highest BCUT2D eigenvalue weighted by Gasteiger charge is 2.22. The van der Waals surface area contributed by atoms with Gasteiger partial charge in [-0.05, 0) is 30.5 Å². The second-order valence-electron chi connectivity index (χ2n) is 7.02. The van der Waals surface area contributed by atoms with E-state index in [-0.39, 0.29) is 24.1 Å². The van der Waals surface area contributed by atoms with Crippen LogP contribution in [0.5, 0.6) is 5.75 Å². The molecule has 2 heterocycles. The topological polar surface area (TPSA) is 79.0 Å². The first-order chi connectivity index (χ1) is 13.1. The molecule has 146 valence electrons. The van der Waals surface area contributed by atoms with E-state index in [1.165, 1.54) is 0 Å². The molecule has 27 heavy (non-hydrogen) atoms. The van der Waals surface area contributed by atoms with E-state index in [0.717, 1.165) is 18.4 Å². The van der Waals surface area contributed by atoms with Crippen LogP contribution in [0.1, 0.15) is 38.2 Å². The number of carbonyl (C=O) groups is 3. The number of hydrogen-bond donors (Lipinski definition) is 1. The number of benzene rings is 1. The van der Waals surface area contributed by atoms with Gasteiger partial charge in [-0.2, -0.15) is 0 Å². The van der Waals surface area contributed by atoms with E-state index in [0.29, 0.717) is 57.1 Å². The Hall–Kier alpha value is -2.57. The van der Waals surface area contributed by atoms with Crippen molar-refractivity contribution in [2.75, 3.05) is 38.1 Å². The maximum absolute atomic E-state index is 12.7. The summed E-state index contributed by atoms with van der Waals surface area (Å²) in [6.45, 7) is 4.90. The van der Waals surface area contributed by atoms with Gasteiger partial charge in [0, 0.05) is 32.6 Å². The minimum absolute atomic E-state index is 0.0422. The van der Waals surface area contributed by atoms with E-state index in [1.807, 2.05) is 28.9 Å². The number of rotatable bonds is 4. The van der Waals surface area contributed by atoms with Crippen molar-refractivity contribution in [3.05, 3.63) is 23.8 Å². The van der Waals surface area contributed by atoms with Crippen molar-refractivity contribution in [3.8, 4) is 5.75 Å². The van der Waals surface area contributed by atoms with Gasteiger partial charge < -0.3 is 19.9 Å². The van der Waals surface area contributed by atoms with Gasteiger partial charge in [-0.15, -0.1) is 0 Å². The van der Waals surface area contributed by atoms with Gasteiger partial charge in [0.1, 0.15) is 5.75 Å². The van der Waals surface area contributed by atoms with Gasteiger partial charge in [0.05, 0.1) is 25.1 Å². The largest absolute Gasteiger partial charge is 0.491 e. The third-order valence-corrected chi connectivity index (χ3v) is 4.93. The molecule has 3 amide bonds. The summed E-state index contributed by atoms with van der Waals surface area (Å²) in [4.78, 5) is 40.2. The summed E-state index contributed by atoms with van der Waals surface area (Å²) in [5.74, 6) is 0.771. The first-order valence-corrected chi connectivity index (χ1v) is 9.68. The minimum Gasteiger partial charge on any atom is -0.491 e. The fourth-order valence-electron chi connectivity index (χ4n) is 3.45. The fraction of sp³-hybridized carbons (Fsp3) is 0.550. The highest BCUT2D eigenvalue weighted by Crippen LogP contribution is 2.28. The van der Waals surface area contributed by atoms with Crippen molar-refractivity contribution in [1.82, 2.24) is 9.80 Å². The van der Waals surface area contributed by atoms with Crippen LogP contribution in [0, 0.1) is 0 Å². The number of nitrogens with zero attached hydrogens (tertiary/aromatic N) is 2. The van der Waals surface area contributed by atoms with Crippen molar-refractivity contribution in [3.63, 3.8) is 0 Å². The molecule has 2 aliphatic rings. The van der Waals surface area contributed by atoms with E-state index < -0.39 is 0 Å². The zero-order valence-corrected chi connectivity index (χ0v) is 15.8. The zero-order valence-electron chi connectivity index (χ0n) is 15.8. The Bertz CT molecular complexity index is 719. The Labute approximate surface area is 159 Å². The molecule has 1 fully saturated rings. The number of ether oxygens (including phenoxy) is 1. The van der Waals surface area contributed by atoms with Crippen molar-refractivity contribution in [1.29, 1.82) is 0 Å². The lowest BCUT2D eigenvalue weighted by molar-refractivity contribution is -0.133. The molecule has 3 rings (SSSR count). The predicted molar refractivity (Wildman–Crippen MR) is 102 cm³/mol. The molecule has 0 unspecified atom stereocenters. The Kier molecular flexibility index (Phi) is 6.32. The Morgan fingerprint density at radius 2 is 1.85 bits per heavy atom. The number of nitrogens with one attached hydrogen (secondary N) is 1. The maximum atomic E-state index is 12.7. The molecule has 1 saturated heterocycles. The fourth-order valence-corrected chi connectivity index (χ4v) is 3.45. The van der Waals surface area contributed by atoms with E-state index in [2.05, 4.69) is 5.32 Å². The first-order valence-electron chi connectivity index (χ1n) is 9.68. The average Bonchev–Trinajstić information content (AvgIpc) is 2.99. The van der Waals surface area contributed by atoms with E-state index in [9.17, 15) is 14.4 Å². The second kappa shape index (κ2) is 8.88. The molecule has 0 saturated carbocycles. The van der Waals surface area contributed by atoms with Crippen molar-refractivity contribution in [2.45, 2.75) is 39.0 Å². The number of carbonyl (C=O) groups excluding carboxylic acids is 3. The minimum atomic E-state index is -0.0819. The number of anilines is 1. The molecular weight excluding hydrogens is 346 g/mol. The van der Waals surface area contributed by atoms with Crippen LogP contribution in [-0.2, 0) is 20.8 Å². The lowest BCUT2D eigenvalue weighted by Gasteiger charge is -2.22. The van der Waals surface area contributed by atoms with Crippen LogP contribution in [0.15, 0.2) is 18.2 Å². The van der Waals surface area contributed by atoms with Crippen LogP contribution in [0.4, 0.5) is 5.69 Å². The Morgan fingerprint density at radius 1 is 1.11 bits per heavy atom. The molecule has 0 atom stereocenters.